The lowest BCUT2D eigenvalue weighted by atomic mass is 9.85. The van der Waals surface area contributed by atoms with Crippen LogP contribution in [0.1, 0.15) is 33.3 Å². The molecular weight excluding hydrogens is 416 g/mol. The summed E-state index contributed by atoms with van der Waals surface area (Å²) in [5.74, 6) is -4.42. The summed E-state index contributed by atoms with van der Waals surface area (Å²) in [7, 11) is 0. The number of aryl methyl sites for hydroxylation is 1. The fourth-order valence-electron chi connectivity index (χ4n) is 3.24. The van der Waals surface area contributed by atoms with Gasteiger partial charge in [0.05, 0.1) is 24.4 Å². The Morgan fingerprint density at radius 1 is 0.844 bits per heavy atom. The summed E-state index contributed by atoms with van der Waals surface area (Å²) in [6.07, 6.45) is 0. The molecule has 1 aromatic rings. The summed E-state index contributed by atoms with van der Waals surface area (Å²) in [6, 6.07) is 7.10. The highest BCUT2D eigenvalue weighted by Gasteiger charge is 2.42. The second kappa shape index (κ2) is 11.1. The maximum absolute atomic E-state index is 13.0. The van der Waals surface area contributed by atoms with Gasteiger partial charge in [-0.25, -0.2) is 9.59 Å². The third-order valence-corrected chi connectivity index (χ3v) is 4.67. The number of hydrogen-bond acceptors (Lipinski definition) is 8. The maximum Gasteiger partial charge on any atom is 0.337 e. The molecule has 0 aromatic heterocycles. The van der Waals surface area contributed by atoms with Crippen molar-refractivity contribution in [3.63, 3.8) is 0 Å². The van der Waals surface area contributed by atoms with Crippen LogP contribution >= 0.6 is 0 Å². The largest absolute Gasteiger partial charge is 0.463 e. The summed E-state index contributed by atoms with van der Waals surface area (Å²) >= 11 is 0. The van der Waals surface area contributed by atoms with Crippen molar-refractivity contribution in [2.24, 2.45) is 5.92 Å². The number of rotatable bonds is 8. The van der Waals surface area contributed by atoms with Crippen molar-refractivity contribution in [2.75, 3.05) is 25.1 Å². The number of ether oxygens (including phenoxy) is 3. The lowest BCUT2D eigenvalue weighted by molar-refractivity contribution is -0.153. The predicted octanol–water partition coefficient (Wildman–Crippen LogP) is 2.37. The van der Waals surface area contributed by atoms with Gasteiger partial charge in [-0.15, -0.1) is 0 Å². The van der Waals surface area contributed by atoms with E-state index in [1.54, 1.807) is 39.8 Å². The van der Waals surface area contributed by atoms with E-state index < -0.39 is 36.3 Å². The summed E-state index contributed by atoms with van der Waals surface area (Å²) in [4.78, 5) is 50.4. The molecular formula is C23H28N2O7. The van der Waals surface area contributed by atoms with Crippen molar-refractivity contribution >= 4 is 29.5 Å². The van der Waals surface area contributed by atoms with E-state index in [0.717, 1.165) is 5.56 Å². The number of amides is 1. The molecule has 2 rings (SSSR count). The number of hydrogen-bond donors (Lipinski definition) is 2. The van der Waals surface area contributed by atoms with E-state index in [0.29, 0.717) is 17.1 Å². The van der Waals surface area contributed by atoms with Crippen LogP contribution in [-0.4, -0.2) is 43.6 Å². The van der Waals surface area contributed by atoms with Gasteiger partial charge >= 0.3 is 17.9 Å². The van der Waals surface area contributed by atoms with E-state index in [-0.39, 0.29) is 24.4 Å². The van der Waals surface area contributed by atoms with Crippen molar-refractivity contribution in [2.45, 2.75) is 34.6 Å². The number of allylic oxidation sites excluding steroid dienone is 2. The highest BCUT2D eigenvalue weighted by molar-refractivity contribution is 6.06. The summed E-state index contributed by atoms with van der Waals surface area (Å²) in [5.41, 5.74) is 2.14. The number of dihydropyridines is 1. The van der Waals surface area contributed by atoms with Crippen LogP contribution < -0.4 is 10.6 Å². The van der Waals surface area contributed by atoms with Gasteiger partial charge < -0.3 is 24.8 Å². The van der Waals surface area contributed by atoms with Crippen LogP contribution in [0.4, 0.5) is 5.69 Å². The number of carbonyl (C=O) groups excluding carboxylic acids is 4. The molecule has 0 radical (unpaired) electrons. The first-order chi connectivity index (χ1) is 15.2. The Labute approximate surface area is 186 Å². The van der Waals surface area contributed by atoms with Gasteiger partial charge in [-0.3, -0.25) is 9.59 Å². The van der Waals surface area contributed by atoms with E-state index in [1.165, 1.54) is 0 Å². The SMILES string of the molecule is CCOC(=O)C1=C(C)NC(C)=C(C(=O)OCC)C1C(=O)OCC(=O)Nc1ccc(C)cc1. The van der Waals surface area contributed by atoms with Gasteiger partial charge in [0, 0.05) is 17.1 Å². The van der Waals surface area contributed by atoms with Gasteiger partial charge in [-0.05, 0) is 46.8 Å². The smallest absolute Gasteiger partial charge is 0.337 e. The summed E-state index contributed by atoms with van der Waals surface area (Å²) in [6.45, 7) is 7.90. The standard InChI is InChI=1S/C23H28N2O7/c1-6-30-21(27)18-14(4)24-15(5)19(22(28)31-7-2)20(18)23(29)32-12-17(26)25-16-10-8-13(3)9-11-16/h8-11,20,24H,6-7,12H2,1-5H3,(H,25,26). The van der Waals surface area contributed by atoms with Crippen molar-refractivity contribution in [1.82, 2.24) is 5.32 Å². The fourth-order valence-corrected chi connectivity index (χ4v) is 3.24. The molecule has 1 heterocycles. The first-order valence-corrected chi connectivity index (χ1v) is 10.3. The molecule has 9 heteroatoms. The molecule has 0 fully saturated rings. The number of esters is 3. The highest BCUT2D eigenvalue weighted by Crippen LogP contribution is 2.32. The van der Waals surface area contributed by atoms with E-state index >= 15 is 0 Å². The van der Waals surface area contributed by atoms with Gasteiger partial charge in [0.2, 0.25) is 0 Å². The van der Waals surface area contributed by atoms with E-state index in [4.69, 9.17) is 14.2 Å². The lowest BCUT2D eigenvalue weighted by Gasteiger charge is -2.28. The molecule has 2 N–H and O–H groups in total. The number of nitrogens with one attached hydrogen (secondary N) is 2. The molecule has 0 saturated carbocycles. The van der Waals surface area contributed by atoms with Crippen LogP contribution in [0.5, 0.6) is 0 Å². The normalized spacial score (nSPS) is 13.9. The minimum absolute atomic E-state index is 0.0653. The average molecular weight is 444 g/mol. The Hall–Kier alpha value is -3.62. The molecule has 0 bridgehead atoms. The van der Waals surface area contributed by atoms with Crippen LogP contribution in [0, 0.1) is 12.8 Å². The highest BCUT2D eigenvalue weighted by atomic mass is 16.5. The van der Waals surface area contributed by atoms with Crippen molar-refractivity contribution in [3.05, 3.63) is 52.4 Å². The van der Waals surface area contributed by atoms with E-state index in [9.17, 15) is 19.2 Å². The second-order valence-electron chi connectivity index (χ2n) is 7.10. The van der Waals surface area contributed by atoms with E-state index in [1.807, 2.05) is 19.1 Å². The monoisotopic (exact) mass is 444 g/mol. The second-order valence-corrected chi connectivity index (χ2v) is 7.10. The maximum atomic E-state index is 13.0. The molecule has 1 aliphatic heterocycles. The van der Waals surface area contributed by atoms with Gasteiger partial charge in [-0.2, -0.15) is 0 Å². The van der Waals surface area contributed by atoms with Crippen LogP contribution in [0.15, 0.2) is 46.8 Å². The summed E-state index contributed by atoms with van der Waals surface area (Å²) < 4.78 is 15.3. The fraction of sp³-hybridized carbons (Fsp3) is 0.391. The van der Waals surface area contributed by atoms with Crippen molar-refractivity contribution in [3.8, 4) is 0 Å². The third kappa shape index (κ3) is 5.96. The molecule has 0 aliphatic carbocycles. The zero-order valence-electron chi connectivity index (χ0n) is 18.9. The number of anilines is 1. The van der Waals surface area contributed by atoms with Gasteiger partial charge in [-0.1, -0.05) is 17.7 Å². The van der Waals surface area contributed by atoms with Gasteiger partial charge in [0.25, 0.3) is 5.91 Å². The van der Waals surface area contributed by atoms with Crippen LogP contribution in [0.2, 0.25) is 0 Å². The quantitative estimate of drug-likeness (QED) is 0.463. The lowest BCUT2D eigenvalue weighted by Crippen LogP contribution is -2.39. The van der Waals surface area contributed by atoms with Gasteiger partial charge in [0.15, 0.2) is 6.61 Å². The molecule has 0 unspecified atom stereocenters. The Balaban J connectivity index is 2.25. The first-order valence-electron chi connectivity index (χ1n) is 10.3. The summed E-state index contributed by atoms with van der Waals surface area (Å²) in [5, 5.41) is 5.53. The van der Waals surface area contributed by atoms with Crippen LogP contribution in [0.25, 0.3) is 0 Å². The molecule has 0 saturated heterocycles. The molecule has 0 spiro atoms. The minimum Gasteiger partial charge on any atom is -0.463 e. The Bertz CT molecular complexity index is 921. The molecule has 9 nitrogen and oxygen atoms in total. The van der Waals surface area contributed by atoms with Gasteiger partial charge in [0.1, 0.15) is 5.92 Å². The molecule has 0 atom stereocenters. The zero-order valence-corrected chi connectivity index (χ0v) is 18.9. The Morgan fingerprint density at radius 2 is 1.34 bits per heavy atom. The topological polar surface area (TPSA) is 120 Å². The number of carbonyl (C=O) groups is 4. The first kappa shape index (κ1) is 24.6. The van der Waals surface area contributed by atoms with Crippen molar-refractivity contribution in [1.29, 1.82) is 0 Å². The zero-order chi connectivity index (χ0) is 23.8. The Kier molecular flexibility index (Phi) is 8.57. The average Bonchev–Trinajstić information content (AvgIpc) is 2.73. The molecule has 1 aromatic carbocycles. The Morgan fingerprint density at radius 3 is 1.81 bits per heavy atom. The minimum atomic E-state index is -1.39. The van der Waals surface area contributed by atoms with Crippen LogP contribution in [-0.2, 0) is 33.4 Å². The molecule has 172 valence electrons. The molecule has 1 aliphatic rings. The molecule has 32 heavy (non-hydrogen) atoms. The third-order valence-electron chi connectivity index (χ3n) is 4.67. The predicted molar refractivity (Wildman–Crippen MR) is 116 cm³/mol. The number of benzene rings is 1. The van der Waals surface area contributed by atoms with Crippen LogP contribution in [0.3, 0.4) is 0 Å². The molecule has 1 amide bonds. The van der Waals surface area contributed by atoms with Crippen molar-refractivity contribution < 1.29 is 33.4 Å². The van der Waals surface area contributed by atoms with E-state index in [2.05, 4.69) is 10.6 Å².